The van der Waals surface area contributed by atoms with Crippen LogP contribution in [0.3, 0.4) is 0 Å². The molecule has 0 fully saturated rings. The second-order valence-corrected chi connectivity index (χ2v) is 25.7. The largest absolute Gasteiger partial charge is 0.456 e. The van der Waals surface area contributed by atoms with Crippen LogP contribution in [-0.2, 0) is 0 Å². The van der Waals surface area contributed by atoms with Crippen LogP contribution in [-0.4, -0.2) is 39.0 Å². The molecule has 0 aliphatic carbocycles. The molecule has 0 spiro atoms. The lowest BCUT2D eigenvalue weighted by molar-refractivity contribution is 0.669. The van der Waals surface area contributed by atoms with Crippen LogP contribution < -0.4 is 0 Å². The van der Waals surface area contributed by atoms with Crippen LogP contribution in [0.2, 0.25) is 0 Å². The van der Waals surface area contributed by atoms with Gasteiger partial charge in [-0.3, -0.25) is 0 Å². The first-order valence-corrected chi connectivity index (χ1v) is 33.5. The molecule has 21 aromatic rings. The van der Waals surface area contributed by atoms with Crippen LogP contribution in [0.5, 0.6) is 0 Å². The van der Waals surface area contributed by atoms with Crippen LogP contribution >= 0.6 is 0 Å². The Morgan fingerprint density at radius 2 is 0.640 bits per heavy atom. The molecule has 6 aromatic heterocycles. The third-order valence-electron chi connectivity index (χ3n) is 19.9. The van der Waals surface area contributed by atoms with E-state index in [1.165, 1.54) is 43.1 Å². The molecule has 0 aliphatic rings. The number of aromatic nitrogens is 8. The maximum absolute atomic E-state index is 7.31. The monoisotopic (exact) mass is 1280 g/mol. The van der Waals surface area contributed by atoms with Crippen LogP contribution in [0, 0.1) is 0 Å². The van der Waals surface area contributed by atoms with E-state index in [0.717, 1.165) is 121 Å². The van der Waals surface area contributed by atoms with Crippen molar-refractivity contribution in [3.8, 4) is 90.8 Å². The molecule has 6 heterocycles. The Hall–Kier alpha value is -13.7. The number of benzene rings is 15. The fourth-order valence-corrected chi connectivity index (χ4v) is 15.3. The molecule has 464 valence electrons. The maximum Gasteiger partial charge on any atom is 0.164 e. The minimum absolute atomic E-state index is 0.509. The van der Waals surface area contributed by atoms with Gasteiger partial charge in [0.05, 0.1) is 22.1 Å². The van der Waals surface area contributed by atoms with Crippen molar-refractivity contribution >= 4 is 120 Å². The molecule has 10 nitrogen and oxygen atoms in total. The number of para-hydroxylation sites is 2. The van der Waals surface area contributed by atoms with Crippen LogP contribution in [0.4, 0.5) is 0 Å². The minimum Gasteiger partial charge on any atom is -0.456 e. The first-order valence-electron chi connectivity index (χ1n) is 33.5. The minimum atomic E-state index is 0.509. The van der Waals surface area contributed by atoms with Crippen molar-refractivity contribution in [2.45, 2.75) is 0 Å². The summed E-state index contributed by atoms with van der Waals surface area (Å²) in [6.45, 7) is 0. The molecular weight excluding hydrogens is 1230 g/mol. The SMILES string of the molecule is c1ccc(-c2nc(-c3cccc(-c4ccc(-c5nc(-c6ccccc6)nc(-c6ccc7ccccc7c6)n5)c5c4oc4ccc(-n6c7ccccc7c7cc8ccccc8cc76)cc45)c3)nc(-c3cccc4oc5ccc(-n6c7ccccc7c7cc8ccccc8cc76)cc5c34)n2)cc1. The zero-order chi connectivity index (χ0) is 65.5. The standard InChI is InChI=1S/C90H52N8O2/c1-3-20-54(21-4-1)85-91-87(95-89(93-85)69-33-18-36-81-82(69)73-51-64(39-43-79(73)99-81)97-75-34-15-13-31-67(75)71-47-57-25-9-11-27-59(57)49-77(71)97)62-30-17-29-61(46-62)66-41-42-70(90-94-86(55-22-5-2-6-23-55)92-88(96-90)63-38-37-53-19-7-8-24-56(53)45-63)83-74-52-65(40-44-80(74)100-84(66)83)98-76-35-16-14-32-68(76)72-48-58-26-10-12-28-60(58)50-78(72)98/h1-52H. The predicted octanol–water partition coefficient (Wildman–Crippen LogP) is 23.2. The van der Waals surface area contributed by atoms with E-state index in [2.05, 4.69) is 252 Å². The van der Waals surface area contributed by atoms with Crippen molar-refractivity contribution in [3.63, 3.8) is 0 Å². The predicted molar refractivity (Wildman–Crippen MR) is 407 cm³/mol. The summed E-state index contributed by atoms with van der Waals surface area (Å²) >= 11 is 0. The van der Waals surface area contributed by atoms with E-state index in [9.17, 15) is 0 Å². The van der Waals surface area contributed by atoms with Gasteiger partial charge in [-0.05, 0) is 141 Å². The first kappa shape index (κ1) is 55.6. The molecule has 0 unspecified atom stereocenters. The molecule has 15 aromatic carbocycles. The topological polar surface area (TPSA) is 113 Å². The Morgan fingerprint density at radius 3 is 1.23 bits per heavy atom. The Labute approximate surface area is 570 Å². The summed E-state index contributed by atoms with van der Waals surface area (Å²) in [5, 5.41) is 15.4. The zero-order valence-corrected chi connectivity index (χ0v) is 53.4. The summed E-state index contributed by atoms with van der Waals surface area (Å²) < 4.78 is 18.8. The van der Waals surface area contributed by atoms with Gasteiger partial charge in [-0.15, -0.1) is 0 Å². The third-order valence-corrected chi connectivity index (χ3v) is 19.9. The normalized spacial score (nSPS) is 12.0. The van der Waals surface area contributed by atoms with Crippen molar-refractivity contribution < 1.29 is 8.83 Å². The average molecular weight is 1280 g/mol. The lowest BCUT2D eigenvalue weighted by atomic mass is 9.96. The van der Waals surface area contributed by atoms with E-state index in [1.54, 1.807) is 0 Å². The molecule has 0 aliphatic heterocycles. The van der Waals surface area contributed by atoms with Gasteiger partial charge >= 0.3 is 0 Å². The molecule has 0 N–H and O–H groups in total. The summed E-state index contributed by atoms with van der Waals surface area (Å²) in [6.07, 6.45) is 0. The lowest BCUT2D eigenvalue weighted by Crippen LogP contribution is -2.01. The fourth-order valence-electron chi connectivity index (χ4n) is 15.3. The molecule has 0 radical (unpaired) electrons. The van der Waals surface area contributed by atoms with Gasteiger partial charge < -0.3 is 18.0 Å². The van der Waals surface area contributed by atoms with Gasteiger partial charge in [0.25, 0.3) is 0 Å². The van der Waals surface area contributed by atoms with Crippen molar-refractivity contribution in [1.82, 2.24) is 39.0 Å². The van der Waals surface area contributed by atoms with Crippen LogP contribution in [0.15, 0.2) is 324 Å². The molecule has 0 atom stereocenters. The highest BCUT2D eigenvalue weighted by atomic mass is 16.3. The van der Waals surface area contributed by atoms with E-state index >= 15 is 0 Å². The van der Waals surface area contributed by atoms with Gasteiger partial charge in [0.2, 0.25) is 0 Å². The van der Waals surface area contributed by atoms with Gasteiger partial charge in [-0.2, -0.15) is 0 Å². The van der Waals surface area contributed by atoms with Crippen molar-refractivity contribution in [2.24, 2.45) is 0 Å². The average Bonchev–Trinajstić information content (AvgIpc) is 1.51. The Balaban J connectivity index is 0.758. The molecule has 0 bridgehead atoms. The van der Waals surface area contributed by atoms with E-state index in [1.807, 2.05) is 72.8 Å². The summed E-state index contributed by atoms with van der Waals surface area (Å²) in [5.41, 5.74) is 16.2. The molecule has 10 heteroatoms. The fraction of sp³-hybridized carbons (Fsp3) is 0. The summed E-state index contributed by atoms with van der Waals surface area (Å²) in [7, 11) is 0. The second kappa shape index (κ2) is 21.9. The van der Waals surface area contributed by atoms with E-state index in [0.29, 0.717) is 46.1 Å². The number of fused-ring (bicyclic) bond motifs is 15. The smallest absolute Gasteiger partial charge is 0.164 e. The van der Waals surface area contributed by atoms with Gasteiger partial charge in [0.15, 0.2) is 34.9 Å². The molecular formula is C90H52N8O2. The molecule has 100 heavy (non-hydrogen) atoms. The molecule has 0 amide bonds. The number of hydrogen-bond acceptors (Lipinski definition) is 8. The summed E-state index contributed by atoms with van der Waals surface area (Å²) in [4.78, 5) is 32.1. The van der Waals surface area contributed by atoms with E-state index < -0.39 is 0 Å². The number of rotatable bonds is 9. The third kappa shape index (κ3) is 8.84. The van der Waals surface area contributed by atoms with E-state index in [-0.39, 0.29) is 0 Å². The Morgan fingerprint density at radius 1 is 0.210 bits per heavy atom. The number of nitrogens with zero attached hydrogens (tertiary/aromatic N) is 8. The summed E-state index contributed by atoms with van der Waals surface area (Å²) in [5.74, 6) is 3.21. The van der Waals surface area contributed by atoms with E-state index in [4.69, 9.17) is 38.7 Å². The Bertz CT molecular complexity index is 6990. The zero-order valence-electron chi connectivity index (χ0n) is 53.4. The van der Waals surface area contributed by atoms with Gasteiger partial charge in [0.1, 0.15) is 22.3 Å². The van der Waals surface area contributed by atoms with Gasteiger partial charge in [-0.1, -0.05) is 212 Å². The number of hydrogen-bond donors (Lipinski definition) is 0. The van der Waals surface area contributed by atoms with Crippen LogP contribution in [0.1, 0.15) is 0 Å². The molecule has 0 saturated carbocycles. The molecule has 0 saturated heterocycles. The summed E-state index contributed by atoms with van der Waals surface area (Å²) in [6, 6.07) is 111. The first-order chi connectivity index (χ1) is 49.5. The highest BCUT2D eigenvalue weighted by Crippen LogP contribution is 2.46. The number of furan rings is 2. The molecule has 21 rings (SSSR count). The maximum atomic E-state index is 7.31. The van der Waals surface area contributed by atoms with Crippen molar-refractivity contribution in [1.29, 1.82) is 0 Å². The van der Waals surface area contributed by atoms with Crippen molar-refractivity contribution in [3.05, 3.63) is 315 Å². The lowest BCUT2D eigenvalue weighted by Gasteiger charge is -2.12. The quantitative estimate of drug-likeness (QED) is 0.140. The second-order valence-electron chi connectivity index (χ2n) is 25.7. The van der Waals surface area contributed by atoms with Crippen LogP contribution in [0.25, 0.3) is 211 Å². The van der Waals surface area contributed by atoms with Gasteiger partial charge in [-0.25, -0.2) is 29.9 Å². The highest BCUT2D eigenvalue weighted by molar-refractivity contribution is 6.19. The Kier molecular flexibility index (Phi) is 12.2. The van der Waals surface area contributed by atoms with Crippen molar-refractivity contribution in [2.75, 3.05) is 0 Å². The highest BCUT2D eigenvalue weighted by Gasteiger charge is 2.25. The van der Waals surface area contributed by atoms with Gasteiger partial charge in [0, 0.05) is 93.4 Å².